The molecular weight excluding hydrogens is 204 g/mol. The summed E-state index contributed by atoms with van der Waals surface area (Å²) < 4.78 is 0. The maximum absolute atomic E-state index is 12.2. The number of carbonyl (C=O) groups excluding carboxylic acids is 1. The lowest BCUT2D eigenvalue weighted by atomic mass is 9.92. The predicted octanol–water partition coefficient (Wildman–Crippen LogP) is 0.359. The zero-order valence-electron chi connectivity index (χ0n) is 10.0. The minimum atomic E-state index is -0.685. The molecule has 0 spiro atoms. The summed E-state index contributed by atoms with van der Waals surface area (Å²) in [6.07, 6.45) is 3.80. The van der Waals surface area contributed by atoms with Crippen molar-refractivity contribution in [2.75, 3.05) is 26.2 Å². The lowest BCUT2D eigenvalue weighted by Gasteiger charge is -2.39. The first-order valence-electron chi connectivity index (χ1n) is 6.30. The van der Waals surface area contributed by atoms with Gasteiger partial charge in [0.1, 0.15) is 0 Å². The molecular formula is C12H22N2O2. The van der Waals surface area contributed by atoms with E-state index in [9.17, 15) is 9.90 Å². The Kier molecular flexibility index (Phi) is 3.50. The van der Waals surface area contributed by atoms with Crippen LogP contribution < -0.4 is 5.32 Å². The number of β-amino-alcohol motifs (C(OH)–C–C–N with tert-alkyl or cyclic N) is 1. The smallest absolute Gasteiger partial charge is 0.227 e. The molecule has 2 rings (SSSR count). The van der Waals surface area contributed by atoms with Crippen molar-refractivity contribution in [1.29, 1.82) is 0 Å². The lowest BCUT2D eigenvalue weighted by Crippen LogP contribution is -2.52. The molecule has 2 N–H and O–H groups in total. The highest BCUT2D eigenvalue weighted by Crippen LogP contribution is 2.23. The first kappa shape index (κ1) is 11.9. The number of piperidine rings is 2. The van der Waals surface area contributed by atoms with Gasteiger partial charge >= 0.3 is 0 Å². The van der Waals surface area contributed by atoms with Crippen LogP contribution in [-0.4, -0.2) is 47.7 Å². The number of nitrogens with zero attached hydrogens (tertiary/aromatic N) is 1. The minimum Gasteiger partial charge on any atom is -0.388 e. The number of amides is 1. The van der Waals surface area contributed by atoms with E-state index in [4.69, 9.17) is 0 Å². The number of aliphatic hydroxyl groups is 1. The van der Waals surface area contributed by atoms with Gasteiger partial charge in [0.05, 0.1) is 11.5 Å². The summed E-state index contributed by atoms with van der Waals surface area (Å²) in [5.41, 5.74) is -0.685. The Bertz CT molecular complexity index is 260. The maximum atomic E-state index is 12.2. The van der Waals surface area contributed by atoms with Gasteiger partial charge in [-0.1, -0.05) is 0 Å². The normalized spacial score (nSPS) is 36.1. The highest BCUT2D eigenvalue weighted by atomic mass is 16.3. The molecule has 2 aliphatic rings. The van der Waals surface area contributed by atoms with Crippen LogP contribution in [0.5, 0.6) is 0 Å². The molecule has 1 amide bonds. The number of hydrogen-bond donors (Lipinski definition) is 2. The third-order valence-corrected chi connectivity index (χ3v) is 3.63. The van der Waals surface area contributed by atoms with Crippen LogP contribution in [0.2, 0.25) is 0 Å². The van der Waals surface area contributed by atoms with E-state index in [2.05, 4.69) is 5.32 Å². The monoisotopic (exact) mass is 226 g/mol. The van der Waals surface area contributed by atoms with Crippen LogP contribution in [-0.2, 0) is 4.79 Å². The zero-order chi connectivity index (χ0) is 11.6. The molecule has 2 heterocycles. The number of nitrogens with one attached hydrogen (secondary N) is 1. The average molecular weight is 226 g/mol. The maximum Gasteiger partial charge on any atom is 0.227 e. The van der Waals surface area contributed by atoms with Crippen LogP contribution >= 0.6 is 0 Å². The quantitative estimate of drug-likeness (QED) is 0.679. The van der Waals surface area contributed by atoms with E-state index in [0.717, 1.165) is 45.3 Å². The fraction of sp³-hybridized carbons (Fsp3) is 0.917. The summed E-state index contributed by atoms with van der Waals surface area (Å²) in [4.78, 5) is 14.1. The molecule has 2 fully saturated rings. The Morgan fingerprint density at radius 2 is 2.31 bits per heavy atom. The van der Waals surface area contributed by atoms with Gasteiger partial charge < -0.3 is 15.3 Å². The van der Waals surface area contributed by atoms with Gasteiger partial charge in [0.15, 0.2) is 0 Å². The van der Waals surface area contributed by atoms with Crippen molar-refractivity contribution in [3.8, 4) is 0 Å². The van der Waals surface area contributed by atoms with Gasteiger partial charge in [-0.15, -0.1) is 0 Å². The molecule has 0 aromatic rings. The van der Waals surface area contributed by atoms with Crippen LogP contribution in [0, 0.1) is 5.92 Å². The molecule has 2 atom stereocenters. The van der Waals surface area contributed by atoms with Gasteiger partial charge in [-0.05, 0) is 39.2 Å². The SMILES string of the molecule is CC1(O)CCCN(C(=O)[C@H]2CCCNC2)C1. The molecule has 0 saturated carbocycles. The van der Waals surface area contributed by atoms with Crippen LogP contribution in [0.1, 0.15) is 32.6 Å². The Morgan fingerprint density at radius 1 is 1.50 bits per heavy atom. The molecule has 0 radical (unpaired) electrons. The van der Waals surface area contributed by atoms with E-state index in [-0.39, 0.29) is 11.8 Å². The van der Waals surface area contributed by atoms with Gasteiger partial charge in [0, 0.05) is 19.6 Å². The number of rotatable bonds is 1. The van der Waals surface area contributed by atoms with Crippen molar-refractivity contribution in [2.45, 2.75) is 38.2 Å². The van der Waals surface area contributed by atoms with Gasteiger partial charge in [0.25, 0.3) is 0 Å². The van der Waals surface area contributed by atoms with Crippen LogP contribution in [0.25, 0.3) is 0 Å². The third kappa shape index (κ3) is 2.74. The first-order valence-corrected chi connectivity index (χ1v) is 6.30. The second kappa shape index (κ2) is 4.72. The lowest BCUT2D eigenvalue weighted by molar-refractivity contribution is -0.142. The summed E-state index contributed by atoms with van der Waals surface area (Å²) in [6, 6.07) is 0. The van der Waals surface area contributed by atoms with E-state index < -0.39 is 5.60 Å². The second-order valence-corrected chi connectivity index (χ2v) is 5.40. The van der Waals surface area contributed by atoms with Crippen molar-refractivity contribution in [3.05, 3.63) is 0 Å². The van der Waals surface area contributed by atoms with Gasteiger partial charge in [-0.25, -0.2) is 0 Å². The number of likely N-dealkylation sites (tertiary alicyclic amines) is 1. The molecule has 0 aromatic heterocycles. The van der Waals surface area contributed by atoms with Gasteiger partial charge in [-0.2, -0.15) is 0 Å². The fourth-order valence-corrected chi connectivity index (χ4v) is 2.73. The zero-order valence-corrected chi connectivity index (χ0v) is 10.0. The van der Waals surface area contributed by atoms with Gasteiger partial charge in [-0.3, -0.25) is 4.79 Å². The molecule has 92 valence electrons. The molecule has 0 aromatic carbocycles. The van der Waals surface area contributed by atoms with Crippen LogP contribution in [0.4, 0.5) is 0 Å². The molecule has 16 heavy (non-hydrogen) atoms. The summed E-state index contributed by atoms with van der Waals surface area (Å²) in [7, 11) is 0. The summed E-state index contributed by atoms with van der Waals surface area (Å²) in [5, 5.41) is 13.2. The topological polar surface area (TPSA) is 52.6 Å². The van der Waals surface area contributed by atoms with E-state index in [0.29, 0.717) is 6.54 Å². The standard InChI is InChI=1S/C12H22N2O2/c1-12(16)5-3-7-14(9-12)11(15)10-4-2-6-13-8-10/h10,13,16H,2-9H2,1H3/t10-,12?/m0/s1. The molecule has 0 aliphatic carbocycles. The van der Waals surface area contributed by atoms with Crippen molar-refractivity contribution < 1.29 is 9.90 Å². The van der Waals surface area contributed by atoms with Crippen LogP contribution in [0.15, 0.2) is 0 Å². The second-order valence-electron chi connectivity index (χ2n) is 5.40. The minimum absolute atomic E-state index is 0.127. The number of hydrogen-bond acceptors (Lipinski definition) is 3. The van der Waals surface area contributed by atoms with Crippen molar-refractivity contribution >= 4 is 5.91 Å². The van der Waals surface area contributed by atoms with E-state index in [1.807, 2.05) is 11.8 Å². The molecule has 4 heteroatoms. The Hall–Kier alpha value is -0.610. The van der Waals surface area contributed by atoms with Crippen LogP contribution in [0.3, 0.4) is 0 Å². The van der Waals surface area contributed by atoms with E-state index in [1.54, 1.807) is 0 Å². The molecule has 0 bridgehead atoms. The molecule has 2 saturated heterocycles. The van der Waals surface area contributed by atoms with Gasteiger partial charge in [0.2, 0.25) is 5.91 Å². The van der Waals surface area contributed by atoms with E-state index >= 15 is 0 Å². The van der Waals surface area contributed by atoms with E-state index in [1.165, 1.54) is 0 Å². The summed E-state index contributed by atoms with van der Waals surface area (Å²) in [6.45, 7) is 4.97. The first-order chi connectivity index (χ1) is 7.58. The fourth-order valence-electron chi connectivity index (χ4n) is 2.73. The van der Waals surface area contributed by atoms with Crippen molar-refractivity contribution in [2.24, 2.45) is 5.92 Å². The Morgan fingerprint density at radius 3 is 2.94 bits per heavy atom. The molecule has 2 aliphatic heterocycles. The summed E-state index contributed by atoms with van der Waals surface area (Å²) >= 11 is 0. The average Bonchev–Trinajstić information content (AvgIpc) is 2.28. The molecule has 1 unspecified atom stereocenters. The highest BCUT2D eigenvalue weighted by Gasteiger charge is 2.34. The largest absolute Gasteiger partial charge is 0.388 e. The van der Waals surface area contributed by atoms with Crippen molar-refractivity contribution in [3.63, 3.8) is 0 Å². The third-order valence-electron chi connectivity index (χ3n) is 3.63. The highest BCUT2D eigenvalue weighted by molar-refractivity contribution is 5.79. The molecule has 4 nitrogen and oxygen atoms in total. The Labute approximate surface area is 97.0 Å². The predicted molar refractivity (Wildman–Crippen MR) is 62.0 cm³/mol. The van der Waals surface area contributed by atoms with Crippen molar-refractivity contribution in [1.82, 2.24) is 10.2 Å². The number of carbonyl (C=O) groups is 1. The Balaban J connectivity index is 1.93. The summed E-state index contributed by atoms with van der Waals surface area (Å²) in [5.74, 6) is 0.356.